The number of nitrogens with zero attached hydrogens (tertiary/aromatic N) is 3. The van der Waals surface area contributed by atoms with Crippen molar-refractivity contribution in [3.05, 3.63) is 119 Å². The number of hydrogen-bond acceptors (Lipinski definition) is 6. The summed E-state index contributed by atoms with van der Waals surface area (Å²) in [5, 5.41) is 33.7. The summed E-state index contributed by atoms with van der Waals surface area (Å²) in [6, 6.07) is 14.8. The summed E-state index contributed by atoms with van der Waals surface area (Å²) in [5.41, 5.74) is 3.04. The number of rotatable bonds is 6. The summed E-state index contributed by atoms with van der Waals surface area (Å²) in [4.78, 5) is 32.2. The van der Waals surface area contributed by atoms with Crippen LogP contribution in [0.15, 0.2) is 60.7 Å². The number of nitro benzene ring substituents is 3. The van der Waals surface area contributed by atoms with Crippen LogP contribution in [0.25, 0.3) is 0 Å². The third-order valence-electron chi connectivity index (χ3n) is 5.01. The molecule has 0 spiro atoms. The van der Waals surface area contributed by atoms with E-state index in [-0.39, 0.29) is 17.1 Å². The van der Waals surface area contributed by atoms with Gasteiger partial charge in [-0.05, 0) is 41.7 Å². The molecule has 9 nitrogen and oxygen atoms in total. The van der Waals surface area contributed by atoms with Gasteiger partial charge in [-0.25, -0.2) is 0 Å². The fraction of sp³-hybridized carbons (Fsp3) is 0.143. The highest BCUT2D eigenvalue weighted by molar-refractivity contribution is 5.55. The molecule has 0 saturated carbocycles. The first-order valence-electron chi connectivity index (χ1n) is 8.93. The first-order chi connectivity index (χ1) is 14.2. The van der Waals surface area contributed by atoms with Gasteiger partial charge < -0.3 is 0 Å². The maximum Gasteiger partial charge on any atom is 0.269 e. The van der Waals surface area contributed by atoms with Crippen molar-refractivity contribution in [2.24, 2.45) is 0 Å². The van der Waals surface area contributed by atoms with E-state index in [0.29, 0.717) is 16.7 Å². The van der Waals surface area contributed by atoms with Gasteiger partial charge >= 0.3 is 0 Å². The van der Waals surface area contributed by atoms with Gasteiger partial charge in [0.25, 0.3) is 17.1 Å². The van der Waals surface area contributed by atoms with Crippen molar-refractivity contribution in [2.45, 2.75) is 19.8 Å². The van der Waals surface area contributed by atoms with Gasteiger partial charge in [-0.15, -0.1) is 0 Å². The zero-order chi connectivity index (χ0) is 22.0. The van der Waals surface area contributed by atoms with Crippen LogP contribution >= 0.6 is 0 Å². The Kier molecular flexibility index (Phi) is 5.54. The molecular weight excluding hydrogens is 390 g/mol. The highest BCUT2D eigenvalue weighted by atomic mass is 16.6. The SMILES string of the molecule is Cc1ccc([N+](=O)[O-])cc1C(c1ccc([N+](=O)[O-])cc1)c1cc([N+](=O)[O-])ccc1C. The van der Waals surface area contributed by atoms with Crippen LogP contribution in [0.4, 0.5) is 17.1 Å². The number of non-ortho nitro benzene ring substituents is 3. The quantitative estimate of drug-likeness (QED) is 0.313. The molecule has 0 aromatic heterocycles. The van der Waals surface area contributed by atoms with Gasteiger partial charge in [0.1, 0.15) is 0 Å². The maximum absolute atomic E-state index is 11.3. The lowest BCUT2D eigenvalue weighted by atomic mass is 9.81. The highest BCUT2D eigenvalue weighted by Crippen LogP contribution is 2.38. The predicted molar refractivity (Wildman–Crippen MR) is 110 cm³/mol. The maximum atomic E-state index is 11.3. The summed E-state index contributed by atoms with van der Waals surface area (Å²) >= 11 is 0. The van der Waals surface area contributed by atoms with E-state index in [1.54, 1.807) is 38.1 Å². The number of aryl methyl sites for hydroxylation is 2. The van der Waals surface area contributed by atoms with Gasteiger partial charge in [0.05, 0.1) is 14.8 Å². The Hall–Kier alpha value is -4.14. The fourth-order valence-corrected chi connectivity index (χ4v) is 3.42. The summed E-state index contributed by atoms with van der Waals surface area (Å²) in [6.45, 7) is 3.59. The average Bonchev–Trinajstić information content (AvgIpc) is 2.70. The van der Waals surface area contributed by atoms with Crippen molar-refractivity contribution in [3.63, 3.8) is 0 Å². The molecule has 0 fully saturated rings. The monoisotopic (exact) mass is 407 g/mol. The molecule has 0 radical (unpaired) electrons. The van der Waals surface area contributed by atoms with Gasteiger partial charge in [-0.3, -0.25) is 30.3 Å². The van der Waals surface area contributed by atoms with Crippen LogP contribution in [-0.4, -0.2) is 14.8 Å². The Labute approximate surface area is 171 Å². The van der Waals surface area contributed by atoms with Crippen molar-refractivity contribution < 1.29 is 14.8 Å². The van der Waals surface area contributed by atoms with E-state index in [9.17, 15) is 30.3 Å². The van der Waals surface area contributed by atoms with E-state index in [4.69, 9.17) is 0 Å². The molecule has 0 heterocycles. The van der Waals surface area contributed by atoms with Crippen molar-refractivity contribution in [3.8, 4) is 0 Å². The standard InChI is InChI=1S/C21H17N3O6/c1-13-3-7-17(23(27)28)11-19(13)21(15-5-9-16(10-6-15)22(25)26)20-12-18(24(29)30)8-4-14(20)2/h3-12,21H,1-2H3. The topological polar surface area (TPSA) is 129 Å². The summed E-state index contributed by atoms with van der Waals surface area (Å²) in [5.74, 6) is -0.578. The van der Waals surface area contributed by atoms with Crippen molar-refractivity contribution in [1.29, 1.82) is 0 Å². The molecule has 0 amide bonds. The fourth-order valence-electron chi connectivity index (χ4n) is 3.42. The van der Waals surface area contributed by atoms with Crippen molar-refractivity contribution in [2.75, 3.05) is 0 Å². The average molecular weight is 407 g/mol. The lowest BCUT2D eigenvalue weighted by molar-refractivity contribution is -0.385. The Morgan fingerprint density at radius 3 is 1.33 bits per heavy atom. The van der Waals surface area contributed by atoms with E-state index >= 15 is 0 Å². The minimum absolute atomic E-state index is 0.0935. The lowest BCUT2D eigenvalue weighted by Gasteiger charge is -2.22. The van der Waals surface area contributed by atoms with Crippen LogP contribution in [0.3, 0.4) is 0 Å². The Morgan fingerprint density at radius 2 is 0.967 bits per heavy atom. The zero-order valence-corrected chi connectivity index (χ0v) is 16.1. The molecule has 152 valence electrons. The molecule has 0 atom stereocenters. The smallest absolute Gasteiger partial charge is 0.258 e. The van der Waals surface area contributed by atoms with Crippen LogP contribution in [0, 0.1) is 44.2 Å². The summed E-state index contributed by atoms with van der Waals surface area (Å²) < 4.78 is 0. The van der Waals surface area contributed by atoms with Crippen LogP contribution < -0.4 is 0 Å². The molecular formula is C21H17N3O6. The highest BCUT2D eigenvalue weighted by Gasteiger charge is 2.25. The van der Waals surface area contributed by atoms with Gasteiger partial charge in [0.15, 0.2) is 0 Å². The molecule has 0 unspecified atom stereocenters. The van der Waals surface area contributed by atoms with Gasteiger partial charge in [0, 0.05) is 42.3 Å². The predicted octanol–water partition coefficient (Wildman–Crippen LogP) is 5.21. The second kappa shape index (κ2) is 8.08. The molecule has 3 aromatic carbocycles. The lowest BCUT2D eigenvalue weighted by Crippen LogP contribution is -2.09. The first-order valence-corrected chi connectivity index (χ1v) is 8.93. The number of nitro groups is 3. The molecule has 30 heavy (non-hydrogen) atoms. The van der Waals surface area contributed by atoms with Gasteiger partial charge in [-0.1, -0.05) is 24.3 Å². The number of benzene rings is 3. The molecule has 9 heteroatoms. The van der Waals surface area contributed by atoms with E-state index in [0.717, 1.165) is 11.1 Å². The Bertz CT molecular complexity index is 1090. The minimum atomic E-state index is -0.578. The number of hydrogen-bond donors (Lipinski definition) is 0. The molecule has 0 saturated heterocycles. The summed E-state index contributed by atoms with van der Waals surface area (Å²) in [6.07, 6.45) is 0. The molecule has 0 aliphatic heterocycles. The Balaban J connectivity index is 2.29. The van der Waals surface area contributed by atoms with Gasteiger partial charge in [0.2, 0.25) is 0 Å². The second-order valence-electron chi connectivity index (χ2n) is 6.88. The Morgan fingerprint density at radius 1 is 0.600 bits per heavy atom. The molecule has 0 N–H and O–H groups in total. The van der Waals surface area contributed by atoms with Crippen molar-refractivity contribution in [1.82, 2.24) is 0 Å². The van der Waals surface area contributed by atoms with Crippen LogP contribution in [0.2, 0.25) is 0 Å². The third-order valence-corrected chi connectivity index (χ3v) is 5.01. The molecule has 0 bridgehead atoms. The van der Waals surface area contributed by atoms with Crippen LogP contribution in [0.1, 0.15) is 33.7 Å². The molecule has 3 rings (SSSR count). The van der Waals surface area contributed by atoms with E-state index in [1.807, 2.05) is 0 Å². The normalized spacial score (nSPS) is 10.8. The second-order valence-corrected chi connectivity index (χ2v) is 6.88. The van der Waals surface area contributed by atoms with Gasteiger partial charge in [-0.2, -0.15) is 0 Å². The van der Waals surface area contributed by atoms with Crippen molar-refractivity contribution >= 4 is 17.1 Å². The molecule has 0 aliphatic carbocycles. The van der Waals surface area contributed by atoms with E-state index in [2.05, 4.69) is 0 Å². The van der Waals surface area contributed by atoms with Crippen LogP contribution in [-0.2, 0) is 0 Å². The van der Waals surface area contributed by atoms with E-state index in [1.165, 1.54) is 36.4 Å². The largest absolute Gasteiger partial charge is 0.269 e. The first kappa shape index (κ1) is 20.6. The third kappa shape index (κ3) is 4.00. The minimum Gasteiger partial charge on any atom is -0.258 e. The molecule has 0 aliphatic rings. The van der Waals surface area contributed by atoms with Crippen LogP contribution in [0.5, 0.6) is 0 Å². The van der Waals surface area contributed by atoms with E-state index < -0.39 is 20.7 Å². The zero-order valence-electron chi connectivity index (χ0n) is 16.1. The summed E-state index contributed by atoms with van der Waals surface area (Å²) in [7, 11) is 0. The molecule has 3 aromatic rings.